The Morgan fingerprint density at radius 1 is 1.09 bits per heavy atom. The van der Waals surface area contributed by atoms with E-state index in [1.54, 1.807) is 29.2 Å². The second-order valence-corrected chi connectivity index (χ2v) is 9.51. The summed E-state index contributed by atoms with van der Waals surface area (Å²) in [5.41, 5.74) is 2.56. The molecule has 0 fully saturated rings. The predicted octanol–water partition coefficient (Wildman–Crippen LogP) is 5.39. The Hall–Kier alpha value is -3.34. The molecule has 2 aromatic carbocycles. The number of carbonyl (C=O) groups is 2. The average Bonchev–Trinajstić information content (AvgIpc) is 3.45. The lowest BCUT2D eigenvalue weighted by Gasteiger charge is -2.09. The van der Waals surface area contributed by atoms with Gasteiger partial charge in [0.15, 0.2) is 11.0 Å². The summed E-state index contributed by atoms with van der Waals surface area (Å²) < 4.78 is 12.2. The number of ether oxygens (including phenoxy) is 2. The molecular weight excluding hydrogens is 508 g/mol. The van der Waals surface area contributed by atoms with Crippen LogP contribution in [0.25, 0.3) is 22.5 Å². The summed E-state index contributed by atoms with van der Waals surface area (Å²) in [7, 11) is 4.73. The molecule has 0 atom stereocenters. The quantitative estimate of drug-likeness (QED) is 0.242. The van der Waals surface area contributed by atoms with Gasteiger partial charge in [-0.2, -0.15) is 0 Å². The standard InChI is InChI=1S/C24H21ClN4O4S2/c1-29-21(16-6-4-5-7-18(16)32-2)27-28-24(29)35-13-19(30)26-22-20(23(31)33-3)17(12-34-22)14-8-10-15(25)11-9-14/h4-12H,13H2,1-3H3,(H,26,30). The number of anilines is 1. The molecule has 1 N–H and O–H groups in total. The summed E-state index contributed by atoms with van der Waals surface area (Å²) in [6, 6.07) is 14.6. The highest BCUT2D eigenvalue weighted by Gasteiger charge is 2.23. The fraction of sp³-hybridized carbons (Fsp3) is 0.167. The molecule has 4 aromatic rings. The van der Waals surface area contributed by atoms with E-state index in [0.29, 0.717) is 37.9 Å². The molecule has 0 saturated carbocycles. The van der Waals surface area contributed by atoms with Crippen LogP contribution < -0.4 is 10.1 Å². The fourth-order valence-corrected chi connectivity index (χ4v) is 5.20. The number of thioether (sulfide) groups is 1. The van der Waals surface area contributed by atoms with Gasteiger partial charge in [0.05, 0.1) is 25.5 Å². The largest absolute Gasteiger partial charge is 0.496 e. The van der Waals surface area contributed by atoms with Crippen molar-refractivity contribution in [3.05, 3.63) is 64.5 Å². The molecule has 0 bridgehead atoms. The third-order valence-corrected chi connectivity index (χ3v) is 7.27. The maximum Gasteiger partial charge on any atom is 0.341 e. The first-order chi connectivity index (χ1) is 16.9. The van der Waals surface area contributed by atoms with E-state index in [0.717, 1.165) is 11.1 Å². The lowest BCUT2D eigenvalue weighted by atomic mass is 10.0. The normalized spacial score (nSPS) is 10.7. The van der Waals surface area contributed by atoms with Gasteiger partial charge in [-0.25, -0.2) is 4.79 Å². The molecule has 180 valence electrons. The number of nitrogens with zero attached hydrogens (tertiary/aromatic N) is 3. The molecule has 2 aromatic heterocycles. The Labute approximate surface area is 215 Å². The summed E-state index contributed by atoms with van der Waals surface area (Å²) in [5, 5.41) is 14.7. The van der Waals surface area contributed by atoms with Gasteiger partial charge in [0, 0.05) is 23.0 Å². The number of halogens is 1. The zero-order valence-corrected chi connectivity index (χ0v) is 21.5. The SMILES string of the molecule is COC(=O)c1c(-c2ccc(Cl)cc2)csc1NC(=O)CSc1nnc(-c2ccccc2OC)n1C. The highest BCUT2D eigenvalue weighted by atomic mass is 35.5. The summed E-state index contributed by atoms with van der Waals surface area (Å²) in [6.45, 7) is 0. The number of aromatic nitrogens is 3. The number of amides is 1. The Kier molecular flexibility index (Phi) is 7.74. The van der Waals surface area contributed by atoms with Gasteiger partial charge in [-0.15, -0.1) is 21.5 Å². The number of nitrogens with one attached hydrogen (secondary N) is 1. The van der Waals surface area contributed by atoms with Crippen molar-refractivity contribution in [2.45, 2.75) is 5.16 Å². The van der Waals surface area contributed by atoms with Crippen molar-refractivity contribution in [2.75, 3.05) is 25.3 Å². The lowest BCUT2D eigenvalue weighted by Crippen LogP contribution is -2.16. The third-order valence-electron chi connectivity index (χ3n) is 5.10. The number of methoxy groups -OCH3 is 2. The highest BCUT2D eigenvalue weighted by molar-refractivity contribution is 7.99. The molecule has 35 heavy (non-hydrogen) atoms. The van der Waals surface area contributed by atoms with Crippen molar-refractivity contribution in [1.82, 2.24) is 14.8 Å². The molecule has 0 radical (unpaired) electrons. The molecule has 0 aliphatic rings. The zero-order valence-electron chi connectivity index (χ0n) is 19.1. The van der Waals surface area contributed by atoms with Crippen LogP contribution >= 0.6 is 34.7 Å². The second-order valence-electron chi connectivity index (χ2n) is 7.25. The minimum absolute atomic E-state index is 0.0761. The minimum atomic E-state index is -0.533. The van der Waals surface area contributed by atoms with Gasteiger partial charge in [0.2, 0.25) is 5.91 Å². The summed E-state index contributed by atoms with van der Waals surface area (Å²) >= 11 is 8.48. The Morgan fingerprint density at radius 3 is 2.54 bits per heavy atom. The monoisotopic (exact) mass is 528 g/mol. The molecule has 0 aliphatic carbocycles. The number of hydrogen-bond donors (Lipinski definition) is 1. The zero-order chi connectivity index (χ0) is 24.9. The van der Waals surface area contributed by atoms with Crippen LogP contribution in [-0.2, 0) is 16.6 Å². The second kappa shape index (κ2) is 10.9. The first kappa shape index (κ1) is 24.8. The number of thiophene rings is 1. The van der Waals surface area contributed by atoms with Crippen LogP contribution in [0, 0.1) is 0 Å². The van der Waals surface area contributed by atoms with E-state index in [2.05, 4.69) is 15.5 Å². The van der Waals surface area contributed by atoms with Crippen LogP contribution in [0.4, 0.5) is 5.00 Å². The van der Waals surface area contributed by atoms with Crippen molar-refractivity contribution >= 4 is 51.6 Å². The molecule has 0 saturated heterocycles. The van der Waals surface area contributed by atoms with Crippen LogP contribution in [0.5, 0.6) is 5.75 Å². The van der Waals surface area contributed by atoms with Gasteiger partial charge in [0.1, 0.15) is 16.3 Å². The van der Waals surface area contributed by atoms with Crippen molar-refractivity contribution in [3.8, 4) is 28.3 Å². The highest BCUT2D eigenvalue weighted by Crippen LogP contribution is 2.37. The van der Waals surface area contributed by atoms with E-state index >= 15 is 0 Å². The Morgan fingerprint density at radius 2 is 1.83 bits per heavy atom. The van der Waals surface area contributed by atoms with E-state index < -0.39 is 5.97 Å². The number of rotatable bonds is 8. The molecule has 2 heterocycles. The third kappa shape index (κ3) is 5.34. The number of benzene rings is 2. The summed E-state index contributed by atoms with van der Waals surface area (Å²) in [6.07, 6.45) is 0. The number of carbonyl (C=O) groups excluding carboxylic acids is 2. The Bertz CT molecular complexity index is 1370. The first-order valence-corrected chi connectivity index (χ1v) is 12.6. The van der Waals surface area contributed by atoms with Crippen LogP contribution in [-0.4, -0.2) is 46.6 Å². The molecule has 1 amide bonds. The van der Waals surface area contributed by atoms with Gasteiger partial charge in [-0.1, -0.05) is 47.6 Å². The fourth-order valence-electron chi connectivity index (χ4n) is 3.39. The number of para-hydroxylation sites is 1. The van der Waals surface area contributed by atoms with E-state index in [1.165, 1.54) is 30.2 Å². The Balaban J connectivity index is 1.49. The van der Waals surface area contributed by atoms with Gasteiger partial charge in [0.25, 0.3) is 0 Å². The smallest absolute Gasteiger partial charge is 0.341 e. The minimum Gasteiger partial charge on any atom is -0.496 e. The van der Waals surface area contributed by atoms with Crippen LogP contribution in [0.1, 0.15) is 10.4 Å². The molecule has 11 heteroatoms. The maximum absolute atomic E-state index is 12.8. The summed E-state index contributed by atoms with van der Waals surface area (Å²) in [4.78, 5) is 25.3. The molecule has 8 nitrogen and oxygen atoms in total. The maximum atomic E-state index is 12.8. The van der Waals surface area contributed by atoms with Gasteiger partial charge in [-0.3, -0.25) is 4.79 Å². The number of esters is 1. The van der Waals surface area contributed by atoms with Gasteiger partial charge in [-0.05, 0) is 29.8 Å². The van der Waals surface area contributed by atoms with Crippen molar-refractivity contribution in [2.24, 2.45) is 7.05 Å². The van der Waals surface area contributed by atoms with E-state index in [4.69, 9.17) is 21.1 Å². The van der Waals surface area contributed by atoms with Gasteiger partial charge < -0.3 is 19.4 Å². The van der Waals surface area contributed by atoms with Crippen molar-refractivity contribution in [3.63, 3.8) is 0 Å². The molecule has 4 rings (SSSR count). The van der Waals surface area contributed by atoms with E-state index in [9.17, 15) is 9.59 Å². The number of hydrogen-bond acceptors (Lipinski definition) is 8. The molecule has 0 spiro atoms. The van der Waals surface area contributed by atoms with Gasteiger partial charge >= 0.3 is 5.97 Å². The van der Waals surface area contributed by atoms with Crippen molar-refractivity contribution in [1.29, 1.82) is 0 Å². The first-order valence-electron chi connectivity index (χ1n) is 10.3. The van der Waals surface area contributed by atoms with Crippen LogP contribution in [0.2, 0.25) is 5.02 Å². The van der Waals surface area contributed by atoms with E-state index in [-0.39, 0.29) is 11.7 Å². The average molecular weight is 529 g/mol. The van der Waals surface area contributed by atoms with E-state index in [1.807, 2.05) is 43.4 Å². The van der Waals surface area contributed by atoms with Crippen LogP contribution in [0.15, 0.2) is 59.1 Å². The summed E-state index contributed by atoms with van der Waals surface area (Å²) in [5.74, 6) is 0.568. The lowest BCUT2D eigenvalue weighted by molar-refractivity contribution is -0.113. The molecule has 0 unspecified atom stereocenters. The molecular formula is C24H21ClN4O4S2. The van der Waals surface area contributed by atoms with Crippen molar-refractivity contribution < 1.29 is 19.1 Å². The topological polar surface area (TPSA) is 95.3 Å². The molecule has 0 aliphatic heterocycles. The predicted molar refractivity (Wildman–Crippen MR) is 138 cm³/mol. The van der Waals surface area contributed by atoms with Crippen LogP contribution in [0.3, 0.4) is 0 Å².